The maximum absolute atomic E-state index is 13.0. The average molecular weight is 340 g/mol. The standard InChI is InChI=1S/C19H24N4O2/c1-22-9-4-7-19(13-24)8-10-23(12-17(19)22)18(25)16-11-20-14-5-2-3-6-15(14)21-16/h2-3,5-6,11,17,24H,4,7-10,12-13H2,1H3/t17-,19-/m1/s1. The minimum atomic E-state index is -0.0706. The Hall–Kier alpha value is -2.05. The van der Waals surface area contributed by atoms with Crippen LogP contribution in [-0.4, -0.2) is 70.1 Å². The first kappa shape index (κ1) is 16.4. The third-order valence-corrected chi connectivity index (χ3v) is 5.97. The third kappa shape index (κ3) is 2.79. The van der Waals surface area contributed by atoms with E-state index in [4.69, 9.17) is 0 Å². The molecule has 1 amide bonds. The number of hydrogen-bond acceptors (Lipinski definition) is 5. The first-order valence-corrected chi connectivity index (χ1v) is 8.95. The van der Waals surface area contributed by atoms with Crippen molar-refractivity contribution in [2.24, 2.45) is 5.41 Å². The Bertz CT molecular complexity index is 796. The van der Waals surface area contributed by atoms with Crippen LogP contribution in [0.2, 0.25) is 0 Å². The zero-order valence-electron chi connectivity index (χ0n) is 14.6. The van der Waals surface area contributed by atoms with Gasteiger partial charge in [-0.3, -0.25) is 9.78 Å². The minimum absolute atomic E-state index is 0.0660. The van der Waals surface area contributed by atoms with Crippen molar-refractivity contribution in [1.29, 1.82) is 0 Å². The number of likely N-dealkylation sites (tertiary alicyclic amines) is 2. The quantitative estimate of drug-likeness (QED) is 0.898. The number of amides is 1. The van der Waals surface area contributed by atoms with Crippen molar-refractivity contribution in [3.63, 3.8) is 0 Å². The summed E-state index contributed by atoms with van der Waals surface area (Å²) < 4.78 is 0. The largest absolute Gasteiger partial charge is 0.396 e. The summed E-state index contributed by atoms with van der Waals surface area (Å²) >= 11 is 0. The molecule has 2 aliphatic heterocycles. The van der Waals surface area contributed by atoms with Gasteiger partial charge < -0.3 is 14.9 Å². The lowest BCUT2D eigenvalue weighted by molar-refractivity contribution is -0.0602. The van der Waals surface area contributed by atoms with E-state index in [-0.39, 0.29) is 24.0 Å². The highest BCUT2D eigenvalue weighted by molar-refractivity contribution is 5.93. The number of carbonyl (C=O) groups excluding carboxylic acids is 1. The molecule has 6 heteroatoms. The summed E-state index contributed by atoms with van der Waals surface area (Å²) in [5.41, 5.74) is 1.86. The molecule has 0 aliphatic carbocycles. The molecule has 0 bridgehead atoms. The number of carbonyl (C=O) groups is 1. The molecule has 132 valence electrons. The van der Waals surface area contributed by atoms with Gasteiger partial charge in [0.2, 0.25) is 0 Å². The first-order valence-electron chi connectivity index (χ1n) is 8.95. The van der Waals surface area contributed by atoms with Gasteiger partial charge in [-0.25, -0.2) is 4.98 Å². The van der Waals surface area contributed by atoms with Gasteiger partial charge in [-0.15, -0.1) is 0 Å². The van der Waals surface area contributed by atoms with Crippen molar-refractivity contribution < 1.29 is 9.90 Å². The Balaban J connectivity index is 1.58. The zero-order chi connectivity index (χ0) is 17.4. The number of aliphatic hydroxyl groups is 1. The maximum Gasteiger partial charge on any atom is 0.274 e. The summed E-state index contributed by atoms with van der Waals surface area (Å²) in [5.74, 6) is -0.0660. The van der Waals surface area contributed by atoms with E-state index in [2.05, 4.69) is 21.9 Å². The van der Waals surface area contributed by atoms with E-state index in [0.717, 1.165) is 36.8 Å². The average Bonchev–Trinajstić information content (AvgIpc) is 2.67. The fourth-order valence-electron chi connectivity index (χ4n) is 4.42. The SMILES string of the molecule is CN1CCC[C@]2(CO)CCN(C(=O)c3cnc4ccccc4n3)C[C@@H]12. The number of piperidine rings is 2. The highest BCUT2D eigenvalue weighted by Crippen LogP contribution is 2.41. The van der Waals surface area contributed by atoms with Crippen molar-refractivity contribution in [2.45, 2.75) is 25.3 Å². The lowest BCUT2D eigenvalue weighted by Crippen LogP contribution is -2.62. The van der Waals surface area contributed by atoms with Gasteiger partial charge in [-0.1, -0.05) is 12.1 Å². The van der Waals surface area contributed by atoms with Crippen LogP contribution in [0.25, 0.3) is 11.0 Å². The monoisotopic (exact) mass is 340 g/mol. The van der Waals surface area contributed by atoms with Crippen LogP contribution in [0, 0.1) is 5.41 Å². The molecule has 2 aromatic rings. The van der Waals surface area contributed by atoms with E-state index < -0.39 is 0 Å². The summed E-state index contributed by atoms with van der Waals surface area (Å²) in [4.78, 5) is 26.0. The Morgan fingerprint density at radius 2 is 2.08 bits per heavy atom. The van der Waals surface area contributed by atoms with Crippen molar-refractivity contribution in [3.8, 4) is 0 Å². The van der Waals surface area contributed by atoms with E-state index in [9.17, 15) is 9.90 Å². The molecular weight excluding hydrogens is 316 g/mol. The minimum Gasteiger partial charge on any atom is -0.396 e. The number of likely N-dealkylation sites (N-methyl/N-ethyl adjacent to an activating group) is 1. The van der Waals surface area contributed by atoms with Gasteiger partial charge in [0.1, 0.15) is 5.69 Å². The number of rotatable bonds is 2. The third-order valence-electron chi connectivity index (χ3n) is 5.97. The van der Waals surface area contributed by atoms with Gasteiger partial charge in [0.25, 0.3) is 5.91 Å². The van der Waals surface area contributed by atoms with Gasteiger partial charge in [-0.05, 0) is 45.0 Å². The summed E-state index contributed by atoms with van der Waals surface area (Å²) in [6.07, 6.45) is 4.56. The predicted molar refractivity (Wildman–Crippen MR) is 95.2 cm³/mol. The molecule has 1 N–H and O–H groups in total. The van der Waals surface area contributed by atoms with Gasteiger partial charge in [0.15, 0.2) is 0 Å². The van der Waals surface area contributed by atoms with Crippen molar-refractivity contribution in [1.82, 2.24) is 19.8 Å². The molecule has 3 heterocycles. The van der Waals surface area contributed by atoms with Gasteiger partial charge in [-0.2, -0.15) is 0 Å². The van der Waals surface area contributed by atoms with Crippen molar-refractivity contribution in [3.05, 3.63) is 36.2 Å². The lowest BCUT2D eigenvalue weighted by Gasteiger charge is -2.53. The topological polar surface area (TPSA) is 69.6 Å². The van der Waals surface area contributed by atoms with E-state index in [1.807, 2.05) is 29.2 Å². The van der Waals surface area contributed by atoms with Crippen LogP contribution in [0.4, 0.5) is 0 Å². The molecule has 2 aliphatic rings. The fraction of sp³-hybridized carbons (Fsp3) is 0.526. The number of hydrogen-bond donors (Lipinski definition) is 1. The predicted octanol–water partition coefficient (Wildman–Crippen LogP) is 1.55. The summed E-state index contributed by atoms with van der Waals surface area (Å²) in [5, 5.41) is 10.0. The first-order chi connectivity index (χ1) is 12.1. The number of fused-ring (bicyclic) bond motifs is 2. The molecule has 2 fully saturated rings. The van der Waals surface area contributed by atoms with E-state index in [1.165, 1.54) is 0 Å². The number of benzene rings is 1. The zero-order valence-corrected chi connectivity index (χ0v) is 14.6. The molecule has 2 saturated heterocycles. The number of nitrogens with zero attached hydrogens (tertiary/aromatic N) is 4. The van der Waals surface area contributed by atoms with E-state index in [1.54, 1.807) is 6.20 Å². The molecule has 0 unspecified atom stereocenters. The van der Waals surface area contributed by atoms with Crippen LogP contribution in [0.15, 0.2) is 30.5 Å². The van der Waals surface area contributed by atoms with Crippen LogP contribution in [0.5, 0.6) is 0 Å². The molecule has 0 spiro atoms. The fourth-order valence-corrected chi connectivity index (χ4v) is 4.42. The maximum atomic E-state index is 13.0. The van der Waals surface area contributed by atoms with Gasteiger partial charge in [0.05, 0.1) is 23.8 Å². The Morgan fingerprint density at radius 3 is 2.88 bits per heavy atom. The highest BCUT2D eigenvalue weighted by Gasteiger charge is 2.47. The van der Waals surface area contributed by atoms with E-state index in [0.29, 0.717) is 18.8 Å². The normalized spacial score (nSPS) is 27.3. The van der Waals surface area contributed by atoms with E-state index >= 15 is 0 Å². The Labute approximate surface area is 147 Å². The van der Waals surface area contributed by atoms with Crippen molar-refractivity contribution >= 4 is 16.9 Å². The Morgan fingerprint density at radius 1 is 1.28 bits per heavy atom. The molecule has 1 aromatic carbocycles. The van der Waals surface area contributed by atoms with Crippen LogP contribution in [0.1, 0.15) is 29.8 Å². The van der Waals surface area contributed by atoms with Crippen LogP contribution >= 0.6 is 0 Å². The number of para-hydroxylation sites is 2. The second kappa shape index (κ2) is 6.35. The van der Waals surface area contributed by atoms with Crippen LogP contribution < -0.4 is 0 Å². The molecule has 0 radical (unpaired) electrons. The molecule has 25 heavy (non-hydrogen) atoms. The van der Waals surface area contributed by atoms with Crippen LogP contribution in [0.3, 0.4) is 0 Å². The summed E-state index contributed by atoms with van der Waals surface area (Å²) in [7, 11) is 2.10. The van der Waals surface area contributed by atoms with Gasteiger partial charge in [0, 0.05) is 24.5 Å². The molecule has 6 nitrogen and oxygen atoms in total. The summed E-state index contributed by atoms with van der Waals surface area (Å²) in [6, 6.07) is 7.79. The highest BCUT2D eigenvalue weighted by atomic mass is 16.3. The molecular formula is C19H24N4O2. The van der Waals surface area contributed by atoms with Crippen molar-refractivity contribution in [2.75, 3.05) is 33.3 Å². The molecule has 4 rings (SSSR count). The molecule has 1 aromatic heterocycles. The summed E-state index contributed by atoms with van der Waals surface area (Å²) in [6.45, 7) is 2.52. The van der Waals surface area contributed by atoms with Crippen LogP contribution in [-0.2, 0) is 0 Å². The van der Waals surface area contributed by atoms with Gasteiger partial charge >= 0.3 is 0 Å². The number of aromatic nitrogens is 2. The number of aliphatic hydroxyl groups excluding tert-OH is 1. The second-order valence-corrected chi connectivity index (χ2v) is 7.37. The molecule has 0 saturated carbocycles. The second-order valence-electron chi connectivity index (χ2n) is 7.37. The smallest absolute Gasteiger partial charge is 0.274 e. The Kier molecular flexibility index (Phi) is 4.17. The lowest BCUT2D eigenvalue weighted by atomic mass is 9.69. The molecule has 2 atom stereocenters.